The zero-order valence-corrected chi connectivity index (χ0v) is 4.98. The van der Waals surface area contributed by atoms with Gasteiger partial charge in [0.15, 0.2) is 0 Å². The first kappa shape index (κ1) is 3.89. The maximum atomic E-state index is 3.58. The van der Waals surface area contributed by atoms with Crippen molar-refractivity contribution in [3.8, 4) is 0 Å². The summed E-state index contributed by atoms with van der Waals surface area (Å²) >= 11 is 0. The summed E-state index contributed by atoms with van der Waals surface area (Å²) in [6, 6.07) is 0.973. The zero-order valence-electron chi connectivity index (χ0n) is 4.98. The van der Waals surface area contributed by atoms with E-state index in [1.54, 1.807) is 0 Å². The minimum Gasteiger partial charge on any atom is -0.305 e. The number of hydrogen-bond acceptors (Lipinski definition) is 1. The van der Waals surface area contributed by atoms with Gasteiger partial charge in [0.1, 0.15) is 0 Å². The van der Waals surface area contributed by atoms with Crippen LogP contribution in [0.3, 0.4) is 0 Å². The lowest BCUT2D eigenvalue weighted by atomic mass is 9.74. The van der Waals surface area contributed by atoms with Crippen molar-refractivity contribution in [2.24, 2.45) is 5.92 Å². The average Bonchev–Trinajstić information content (AvgIpc) is 2.36. The average molecular weight is 109 g/mol. The minimum atomic E-state index is 0.750. The van der Waals surface area contributed by atoms with Crippen LogP contribution in [-0.2, 0) is 0 Å². The van der Waals surface area contributed by atoms with Crippen molar-refractivity contribution in [1.82, 2.24) is 5.32 Å². The molecule has 1 N–H and O–H groups in total. The summed E-state index contributed by atoms with van der Waals surface area (Å²) in [5.74, 6) is 1.10. The highest BCUT2D eigenvalue weighted by atomic mass is 15.3. The van der Waals surface area contributed by atoms with Gasteiger partial charge in [-0.1, -0.05) is 0 Å². The van der Waals surface area contributed by atoms with Crippen molar-refractivity contribution in [1.29, 1.82) is 0 Å². The monoisotopic (exact) mass is 109 g/mol. The van der Waals surface area contributed by atoms with Crippen molar-refractivity contribution in [3.05, 3.63) is 0 Å². The van der Waals surface area contributed by atoms with Gasteiger partial charge in [-0.25, -0.2) is 0 Å². The minimum absolute atomic E-state index is 0.750. The predicted octanol–water partition coefficient (Wildman–Crippen LogP) is 0.901. The normalized spacial score (nSPS) is 66.0. The molecule has 0 aromatic rings. The van der Waals surface area contributed by atoms with Crippen LogP contribution in [0.25, 0.3) is 0 Å². The molecule has 1 spiro atoms. The van der Waals surface area contributed by atoms with Gasteiger partial charge >= 0.3 is 0 Å². The van der Waals surface area contributed by atoms with E-state index >= 15 is 0 Å². The molecule has 0 amide bonds. The van der Waals surface area contributed by atoms with Crippen LogP contribution in [0.4, 0.5) is 0 Å². The molecule has 0 radical (unpaired) electrons. The summed E-state index contributed by atoms with van der Waals surface area (Å²) in [5, 5.41) is 3.58. The molecule has 2 aliphatic carbocycles. The molecule has 3 atom stereocenters. The maximum absolute atomic E-state index is 3.58. The largest absolute Gasteiger partial charge is 0.305 e. The Labute approximate surface area is 49.5 Å². The highest BCUT2D eigenvalue weighted by molar-refractivity contribution is 5.26. The van der Waals surface area contributed by atoms with E-state index in [0.717, 1.165) is 17.5 Å². The first-order valence-corrected chi connectivity index (χ1v) is 3.69. The topological polar surface area (TPSA) is 21.9 Å². The fourth-order valence-electron chi connectivity index (χ4n) is 2.69. The van der Waals surface area contributed by atoms with Gasteiger partial charge < -0.3 is 5.32 Å². The summed E-state index contributed by atoms with van der Waals surface area (Å²) < 4.78 is 0. The third kappa shape index (κ3) is 0.218. The molecule has 44 valence electrons. The molecule has 1 saturated heterocycles. The van der Waals surface area contributed by atoms with E-state index in [4.69, 9.17) is 0 Å². The van der Waals surface area contributed by atoms with Crippen LogP contribution in [0.5, 0.6) is 0 Å². The van der Waals surface area contributed by atoms with Crippen molar-refractivity contribution in [3.63, 3.8) is 0 Å². The predicted molar refractivity (Wildman–Crippen MR) is 31.6 cm³/mol. The van der Waals surface area contributed by atoms with Gasteiger partial charge in [0.25, 0.3) is 0 Å². The summed E-state index contributed by atoms with van der Waals surface area (Å²) in [4.78, 5) is 0. The molecule has 0 aromatic carbocycles. The summed E-state index contributed by atoms with van der Waals surface area (Å²) in [5.41, 5.74) is 0.750. The molecule has 1 heteroatoms. The van der Waals surface area contributed by atoms with E-state index in [-0.39, 0.29) is 0 Å². The fraction of sp³-hybridized carbons (Fsp3) is 1.00. The number of rotatable bonds is 0. The quantitative estimate of drug-likeness (QED) is 0.459. The zero-order chi connectivity index (χ0) is 5.19. The van der Waals surface area contributed by atoms with Crippen LogP contribution < -0.4 is 5.32 Å². The van der Waals surface area contributed by atoms with Crippen LogP contribution in [-0.4, -0.2) is 11.6 Å². The van der Waals surface area contributed by atoms with Crippen molar-refractivity contribution < 1.29 is 0 Å². The molecule has 1 heterocycles. The Hall–Kier alpha value is -0.0400. The van der Waals surface area contributed by atoms with Gasteiger partial charge in [0, 0.05) is 11.6 Å². The second-order valence-electron chi connectivity index (χ2n) is 3.55. The molecule has 3 unspecified atom stereocenters. The van der Waals surface area contributed by atoms with Crippen LogP contribution in [0.2, 0.25) is 0 Å². The van der Waals surface area contributed by atoms with E-state index in [2.05, 4.69) is 5.32 Å². The van der Waals surface area contributed by atoms with Crippen molar-refractivity contribution >= 4 is 0 Å². The molecule has 3 aliphatic rings. The molecule has 3 rings (SSSR count). The fourth-order valence-corrected chi connectivity index (χ4v) is 2.69. The second-order valence-corrected chi connectivity index (χ2v) is 3.55. The Morgan fingerprint density at radius 1 is 1.25 bits per heavy atom. The highest BCUT2D eigenvalue weighted by Gasteiger charge is 2.66. The molecule has 2 saturated carbocycles. The third-order valence-corrected chi connectivity index (χ3v) is 3.42. The van der Waals surface area contributed by atoms with E-state index in [1.165, 1.54) is 25.7 Å². The van der Waals surface area contributed by atoms with Crippen LogP contribution in [0.1, 0.15) is 25.7 Å². The molecular weight excluding hydrogens is 98.1 g/mol. The summed E-state index contributed by atoms with van der Waals surface area (Å²) in [6.07, 6.45) is 6.01. The molecule has 0 aromatic heterocycles. The molecule has 3 fully saturated rings. The van der Waals surface area contributed by atoms with Gasteiger partial charge in [-0.15, -0.1) is 0 Å². The third-order valence-electron chi connectivity index (χ3n) is 3.42. The Morgan fingerprint density at radius 3 is 2.50 bits per heavy atom. The van der Waals surface area contributed by atoms with E-state index in [9.17, 15) is 0 Å². The Balaban J connectivity index is 2.02. The maximum Gasteiger partial charge on any atom is 0.0366 e. The van der Waals surface area contributed by atoms with Gasteiger partial charge in [0.2, 0.25) is 0 Å². The molecule has 1 aliphatic heterocycles. The molecule has 8 heavy (non-hydrogen) atoms. The standard InChI is InChI=1S/C7H11N/c1-2-6-7(8-6)4-3-5(1)7/h5-6,8H,1-4H2. The smallest absolute Gasteiger partial charge is 0.0366 e. The van der Waals surface area contributed by atoms with E-state index < -0.39 is 0 Å². The van der Waals surface area contributed by atoms with Crippen molar-refractivity contribution in [2.75, 3.05) is 0 Å². The summed E-state index contributed by atoms with van der Waals surface area (Å²) in [7, 11) is 0. The Kier molecular flexibility index (Phi) is 0.418. The molecule has 1 nitrogen and oxygen atoms in total. The van der Waals surface area contributed by atoms with E-state index in [0.29, 0.717) is 0 Å². The van der Waals surface area contributed by atoms with Crippen LogP contribution >= 0.6 is 0 Å². The summed E-state index contributed by atoms with van der Waals surface area (Å²) in [6.45, 7) is 0. The number of nitrogens with one attached hydrogen (secondary N) is 1. The Morgan fingerprint density at radius 2 is 2.25 bits per heavy atom. The highest BCUT2D eigenvalue weighted by Crippen LogP contribution is 2.58. The lowest BCUT2D eigenvalue weighted by Crippen LogP contribution is -2.35. The first-order valence-electron chi connectivity index (χ1n) is 3.69. The van der Waals surface area contributed by atoms with Crippen LogP contribution in [0, 0.1) is 5.92 Å². The number of hydrogen-bond donors (Lipinski definition) is 1. The van der Waals surface area contributed by atoms with Gasteiger partial charge in [0.05, 0.1) is 0 Å². The number of piperidine rings is 1. The molecule has 0 bridgehead atoms. The van der Waals surface area contributed by atoms with Crippen molar-refractivity contribution in [2.45, 2.75) is 37.3 Å². The van der Waals surface area contributed by atoms with Crippen LogP contribution in [0.15, 0.2) is 0 Å². The Bertz CT molecular complexity index is 137. The second kappa shape index (κ2) is 0.860. The van der Waals surface area contributed by atoms with Gasteiger partial charge in [-0.2, -0.15) is 0 Å². The first-order chi connectivity index (χ1) is 3.92. The van der Waals surface area contributed by atoms with E-state index in [1.807, 2.05) is 0 Å². The SMILES string of the molecule is C1CC2NC23CCC13. The van der Waals surface area contributed by atoms with Gasteiger partial charge in [-0.3, -0.25) is 0 Å². The lowest BCUT2D eigenvalue weighted by molar-refractivity contribution is 0.237. The lowest BCUT2D eigenvalue weighted by Gasteiger charge is -2.32. The van der Waals surface area contributed by atoms with Gasteiger partial charge in [-0.05, 0) is 31.6 Å². The molecular formula is C7H11N.